The average molecular weight is 335 g/mol. The first-order chi connectivity index (χ1) is 12.1. The molecule has 1 aliphatic rings. The van der Waals surface area contributed by atoms with E-state index in [1.54, 1.807) is 0 Å². The highest BCUT2D eigenvalue weighted by Gasteiger charge is 2.19. The predicted molar refractivity (Wildman–Crippen MR) is 101 cm³/mol. The molecule has 0 radical (unpaired) electrons. The molecule has 4 heteroatoms. The van der Waals surface area contributed by atoms with Gasteiger partial charge in [-0.25, -0.2) is 9.97 Å². The molecule has 1 aliphatic heterocycles. The maximum absolute atomic E-state index is 5.70. The zero-order chi connectivity index (χ0) is 17.4. The van der Waals surface area contributed by atoms with Gasteiger partial charge >= 0.3 is 0 Å². The van der Waals surface area contributed by atoms with E-state index in [4.69, 9.17) is 9.40 Å². The van der Waals surface area contributed by atoms with Crippen molar-refractivity contribution in [2.45, 2.75) is 46.1 Å². The molecule has 4 rings (SSSR count). The van der Waals surface area contributed by atoms with Crippen LogP contribution < -0.4 is 0 Å². The molecule has 3 heterocycles. The summed E-state index contributed by atoms with van der Waals surface area (Å²) in [5.41, 5.74) is 4.13. The highest BCUT2D eigenvalue weighted by Crippen LogP contribution is 2.25. The summed E-state index contributed by atoms with van der Waals surface area (Å²) in [6, 6.07) is 11.5. The second kappa shape index (κ2) is 6.60. The fourth-order valence-electron chi connectivity index (χ4n) is 3.82. The Hall–Kier alpha value is -2.20. The maximum atomic E-state index is 5.70. The minimum absolute atomic E-state index is 0.681. The topological polar surface area (TPSA) is 42.2 Å². The number of hydrogen-bond acceptors (Lipinski definition) is 4. The molecule has 1 fully saturated rings. The van der Waals surface area contributed by atoms with Gasteiger partial charge in [0.2, 0.25) is 0 Å². The summed E-state index contributed by atoms with van der Waals surface area (Å²) in [6.07, 6.45) is 3.78. The molecule has 0 aliphatic carbocycles. The molecular weight excluding hydrogens is 310 g/mol. The normalized spacial score (nSPS) is 18.3. The summed E-state index contributed by atoms with van der Waals surface area (Å²) in [4.78, 5) is 11.7. The summed E-state index contributed by atoms with van der Waals surface area (Å²) in [5.74, 6) is 1.45. The number of benzene rings is 1. The lowest BCUT2D eigenvalue weighted by Crippen LogP contribution is -2.28. The first kappa shape index (κ1) is 16.3. The van der Waals surface area contributed by atoms with Crippen LogP contribution in [0.3, 0.4) is 0 Å². The largest absolute Gasteiger partial charge is 0.439 e. The smallest absolute Gasteiger partial charge is 0.192 e. The van der Waals surface area contributed by atoms with Crippen molar-refractivity contribution in [3.05, 3.63) is 47.5 Å². The number of pyridine rings is 1. The van der Waals surface area contributed by atoms with E-state index in [1.165, 1.54) is 30.3 Å². The maximum Gasteiger partial charge on any atom is 0.192 e. The van der Waals surface area contributed by atoms with Crippen molar-refractivity contribution in [1.29, 1.82) is 0 Å². The molecule has 1 atom stereocenters. The molecule has 0 N–H and O–H groups in total. The lowest BCUT2D eigenvalue weighted by Gasteiger charge is -2.20. The molecule has 0 unspecified atom stereocenters. The van der Waals surface area contributed by atoms with Crippen LogP contribution in [0.4, 0.5) is 0 Å². The van der Waals surface area contributed by atoms with Crippen LogP contribution in [0.15, 0.2) is 34.7 Å². The van der Waals surface area contributed by atoms with Gasteiger partial charge in [-0.05, 0) is 63.4 Å². The van der Waals surface area contributed by atoms with Crippen LogP contribution in [0.5, 0.6) is 0 Å². The first-order valence-corrected chi connectivity index (χ1v) is 9.18. The number of nitrogens with zero attached hydrogens (tertiary/aromatic N) is 3. The van der Waals surface area contributed by atoms with E-state index in [0.29, 0.717) is 5.89 Å². The van der Waals surface area contributed by atoms with Crippen LogP contribution >= 0.6 is 0 Å². The highest BCUT2D eigenvalue weighted by atomic mass is 16.4. The van der Waals surface area contributed by atoms with Crippen molar-refractivity contribution in [2.75, 3.05) is 13.1 Å². The van der Waals surface area contributed by atoms with Crippen LogP contribution in [-0.4, -0.2) is 34.0 Å². The van der Waals surface area contributed by atoms with Gasteiger partial charge in [0, 0.05) is 24.9 Å². The molecule has 130 valence electrons. The van der Waals surface area contributed by atoms with Gasteiger partial charge in [0.1, 0.15) is 5.69 Å². The minimum atomic E-state index is 0.681. The minimum Gasteiger partial charge on any atom is -0.439 e. The molecule has 0 saturated carbocycles. The third-order valence-electron chi connectivity index (χ3n) is 5.27. The van der Waals surface area contributed by atoms with Crippen molar-refractivity contribution in [3.8, 4) is 11.5 Å². The number of aromatic nitrogens is 2. The Kier molecular flexibility index (Phi) is 4.30. The van der Waals surface area contributed by atoms with Gasteiger partial charge in [-0.1, -0.05) is 12.1 Å². The van der Waals surface area contributed by atoms with E-state index in [9.17, 15) is 0 Å². The summed E-state index contributed by atoms with van der Waals surface area (Å²) >= 11 is 0. The van der Waals surface area contributed by atoms with Gasteiger partial charge in [0.15, 0.2) is 11.7 Å². The fraction of sp³-hybridized carbons (Fsp3) is 0.429. The quantitative estimate of drug-likeness (QED) is 0.702. The number of fused-ring (bicyclic) bond motifs is 1. The summed E-state index contributed by atoms with van der Waals surface area (Å²) in [5, 5.41) is 1.18. The van der Waals surface area contributed by atoms with E-state index >= 15 is 0 Å². The van der Waals surface area contributed by atoms with Gasteiger partial charge in [-0.2, -0.15) is 0 Å². The van der Waals surface area contributed by atoms with E-state index in [-0.39, 0.29) is 0 Å². The molecule has 0 spiro atoms. The van der Waals surface area contributed by atoms with E-state index in [1.807, 2.05) is 19.9 Å². The Labute approximate surface area is 148 Å². The second-order valence-corrected chi connectivity index (χ2v) is 7.15. The van der Waals surface area contributed by atoms with Crippen LogP contribution in [-0.2, 0) is 6.42 Å². The summed E-state index contributed by atoms with van der Waals surface area (Å²) in [7, 11) is 0. The Balaban J connectivity index is 1.55. The Morgan fingerprint density at radius 3 is 2.76 bits per heavy atom. The zero-order valence-electron chi connectivity index (χ0n) is 15.2. The van der Waals surface area contributed by atoms with Crippen molar-refractivity contribution in [2.24, 2.45) is 0 Å². The number of hydrogen-bond donors (Lipinski definition) is 0. The van der Waals surface area contributed by atoms with Crippen LogP contribution in [0.1, 0.15) is 36.9 Å². The Morgan fingerprint density at radius 1 is 1.16 bits per heavy atom. The molecule has 1 saturated heterocycles. The van der Waals surface area contributed by atoms with Crippen molar-refractivity contribution >= 4 is 10.9 Å². The number of rotatable bonds is 4. The van der Waals surface area contributed by atoms with Crippen molar-refractivity contribution in [3.63, 3.8) is 0 Å². The number of oxazole rings is 1. The molecular formula is C21H25N3O. The monoisotopic (exact) mass is 335 g/mol. The first-order valence-electron chi connectivity index (χ1n) is 9.18. The van der Waals surface area contributed by atoms with E-state index in [2.05, 4.69) is 41.1 Å². The lowest BCUT2D eigenvalue weighted by molar-refractivity contribution is 0.272. The van der Waals surface area contributed by atoms with Crippen LogP contribution in [0, 0.1) is 13.8 Å². The Morgan fingerprint density at radius 2 is 2.04 bits per heavy atom. The highest BCUT2D eigenvalue weighted by molar-refractivity contribution is 5.81. The lowest BCUT2D eigenvalue weighted by atomic mass is 10.1. The van der Waals surface area contributed by atoms with E-state index in [0.717, 1.165) is 41.7 Å². The molecule has 1 aromatic carbocycles. The van der Waals surface area contributed by atoms with E-state index < -0.39 is 0 Å². The third-order valence-corrected chi connectivity index (χ3v) is 5.27. The van der Waals surface area contributed by atoms with Crippen LogP contribution in [0.2, 0.25) is 0 Å². The van der Waals surface area contributed by atoms with Gasteiger partial charge in [0.05, 0.1) is 11.2 Å². The SMILES string of the molecule is Cc1nc(C)c(-c2ccc3cc(CCN4CCC[C@H]4C)ccc3n2)o1. The molecule has 2 aromatic heterocycles. The fourth-order valence-corrected chi connectivity index (χ4v) is 3.82. The van der Waals surface area contributed by atoms with Gasteiger partial charge < -0.3 is 9.32 Å². The molecule has 0 amide bonds. The summed E-state index contributed by atoms with van der Waals surface area (Å²) in [6.45, 7) is 8.56. The molecule has 3 aromatic rings. The van der Waals surface area contributed by atoms with Crippen molar-refractivity contribution in [1.82, 2.24) is 14.9 Å². The average Bonchev–Trinajstić information content (AvgIpc) is 3.17. The standard InChI is InChI=1S/C21H25N3O/c1-14-5-4-11-24(14)12-10-17-6-8-19-18(13-17)7-9-20(23-19)21-15(2)22-16(3)25-21/h6-9,13-14H,4-5,10-12H2,1-3H3/t14-/m1/s1. The molecule has 4 nitrogen and oxygen atoms in total. The second-order valence-electron chi connectivity index (χ2n) is 7.15. The number of likely N-dealkylation sites (tertiary alicyclic amines) is 1. The van der Waals surface area contributed by atoms with Gasteiger partial charge in [-0.15, -0.1) is 0 Å². The number of aryl methyl sites for hydroxylation is 2. The third kappa shape index (κ3) is 3.31. The predicted octanol–water partition coefficient (Wildman–Crippen LogP) is 4.53. The van der Waals surface area contributed by atoms with Gasteiger partial charge in [0.25, 0.3) is 0 Å². The summed E-state index contributed by atoms with van der Waals surface area (Å²) < 4.78 is 5.70. The zero-order valence-corrected chi connectivity index (χ0v) is 15.2. The molecule has 25 heavy (non-hydrogen) atoms. The van der Waals surface area contributed by atoms with Crippen LogP contribution in [0.25, 0.3) is 22.4 Å². The Bertz CT molecular complexity index is 899. The molecule has 0 bridgehead atoms. The van der Waals surface area contributed by atoms with Crippen molar-refractivity contribution < 1.29 is 4.42 Å². The van der Waals surface area contributed by atoms with Gasteiger partial charge in [-0.3, -0.25) is 0 Å².